The molecular formula is C17H18N4O. The van der Waals surface area contributed by atoms with Crippen molar-refractivity contribution in [1.29, 1.82) is 5.26 Å². The number of nitrogens with zero attached hydrogens (tertiary/aromatic N) is 2. The number of nitrogens with one attached hydrogen (secondary N) is 1. The Bertz CT molecular complexity index is 759. The molecule has 1 heterocycles. The Morgan fingerprint density at radius 1 is 1.32 bits per heavy atom. The highest BCUT2D eigenvalue weighted by atomic mass is 16.1. The maximum atomic E-state index is 12.3. The first kappa shape index (κ1) is 15.5. The maximum absolute atomic E-state index is 12.3. The average molecular weight is 294 g/mol. The van der Waals surface area contributed by atoms with Gasteiger partial charge in [-0.3, -0.25) is 9.78 Å². The Hall–Kier alpha value is -2.87. The number of aromatic nitrogens is 1. The Labute approximate surface area is 129 Å². The number of anilines is 2. The van der Waals surface area contributed by atoms with Crippen LogP contribution < -0.4 is 11.1 Å². The van der Waals surface area contributed by atoms with Gasteiger partial charge in [0.05, 0.1) is 17.2 Å². The molecule has 0 spiro atoms. The average Bonchev–Trinajstić information content (AvgIpc) is 2.51. The van der Waals surface area contributed by atoms with Gasteiger partial charge in [0, 0.05) is 23.1 Å². The maximum Gasteiger partial charge on any atom is 0.255 e. The summed E-state index contributed by atoms with van der Waals surface area (Å²) < 4.78 is 0. The minimum atomic E-state index is -0.745. The molecule has 0 aliphatic carbocycles. The number of nitriles is 1. The first-order valence-electron chi connectivity index (χ1n) is 6.89. The van der Waals surface area contributed by atoms with Gasteiger partial charge >= 0.3 is 0 Å². The molecule has 1 aromatic carbocycles. The molecule has 1 aromatic heterocycles. The van der Waals surface area contributed by atoms with Gasteiger partial charge in [0.25, 0.3) is 5.91 Å². The Kier molecular flexibility index (Phi) is 4.13. The van der Waals surface area contributed by atoms with E-state index in [1.54, 1.807) is 38.1 Å². The lowest BCUT2D eigenvalue weighted by atomic mass is 9.90. The number of hydrogen-bond donors (Lipinski definition) is 2. The van der Waals surface area contributed by atoms with Gasteiger partial charge < -0.3 is 11.1 Å². The largest absolute Gasteiger partial charge is 0.398 e. The molecule has 5 heteroatoms. The fraction of sp³-hybridized carbons (Fsp3) is 0.235. The molecule has 3 N–H and O–H groups in total. The second kappa shape index (κ2) is 5.86. The highest BCUT2D eigenvalue weighted by Crippen LogP contribution is 2.22. The first-order valence-corrected chi connectivity index (χ1v) is 6.89. The summed E-state index contributed by atoms with van der Waals surface area (Å²) in [5.41, 5.74) is 8.32. The molecule has 0 aliphatic rings. The van der Waals surface area contributed by atoms with E-state index in [0.717, 1.165) is 5.56 Å². The Balaban J connectivity index is 2.25. The lowest BCUT2D eigenvalue weighted by Crippen LogP contribution is -2.18. The number of nitrogen functional groups attached to an aromatic ring is 1. The van der Waals surface area contributed by atoms with Gasteiger partial charge in [0.2, 0.25) is 0 Å². The molecule has 0 bridgehead atoms. The zero-order chi connectivity index (χ0) is 16.3. The summed E-state index contributed by atoms with van der Waals surface area (Å²) in [4.78, 5) is 16.5. The highest BCUT2D eigenvalue weighted by molar-refractivity contribution is 6.04. The number of aryl methyl sites for hydroxylation is 1. The van der Waals surface area contributed by atoms with Crippen molar-refractivity contribution in [1.82, 2.24) is 4.98 Å². The van der Waals surface area contributed by atoms with Crippen LogP contribution in [0.3, 0.4) is 0 Å². The zero-order valence-electron chi connectivity index (χ0n) is 12.8. The lowest BCUT2D eigenvalue weighted by Gasteiger charge is -2.15. The summed E-state index contributed by atoms with van der Waals surface area (Å²) in [6.07, 6.45) is 1.53. The number of carbonyl (C=O) groups excluding carboxylic acids is 1. The van der Waals surface area contributed by atoms with Crippen molar-refractivity contribution in [2.75, 3.05) is 11.1 Å². The summed E-state index contributed by atoms with van der Waals surface area (Å²) >= 11 is 0. The van der Waals surface area contributed by atoms with Crippen molar-refractivity contribution in [2.24, 2.45) is 0 Å². The Morgan fingerprint density at radius 2 is 2.05 bits per heavy atom. The van der Waals surface area contributed by atoms with E-state index in [-0.39, 0.29) is 5.91 Å². The molecule has 0 fully saturated rings. The van der Waals surface area contributed by atoms with Crippen LogP contribution in [0.15, 0.2) is 36.5 Å². The molecule has 1 amide bonds. The van der Waals surface area contributed by atoms with Crippen LogP contribution in [0.5, 0.6) is 0 Å². The van der Waals surface area contributed by atoms with E-state index in [1.807, 2.05) is 13.0 Å². The summed E-state index contributed by atoms with van der Waals surface area (Å²) in [7, 11) is 0. The van der Waals surface area contributed by atoms with Crippen molar-refractivity contribution in [3.63, 3.8) is 0 Å². The van der Waals surface area contributed by atoms with Crippen LogP contribution in [0.2, 0.25) is 0 Å². The summed E-state index contributed by atoms with van der Waals surface area (Å²) in [5.74, 6) is -0.263. The third-order valence-corrected chi connectivity index (χ3v) is 3.48. The topological polar surface area (TPSA) is 91.8 Å². The van der Waals surface area contributed by atoms with E-state index in [9.17, 15) is 4.79 Å². The number of nitrogens with two attached hydrogens (primary N) is 1. The minimum absolute atomic E-state index is 0.263. The summed E-state index contributed by atoms with van der Waals surface area (Å²) in [6.45, 7) is 5.43. The molecule has 0 radical (unpaired) electrons. The van der Waals surface area contributed by atoms with E-state index in [2.05, 4.69) is 16.4 Å². The normalized spacial score (nSPS) is 10.8. The number of hydrogen-bond acceptors (Lipinski definition) is 4. The van der Waals surface area contributed by atoms with Crippen molar-refractivity contribution < 1.29 is 4.79 Å². The predicted molar refractivity (Wildman–Crippen MR) is 86.4 cm³/mol. The minimum Gasteiger partial charge on any atom is -0.398 e. The summed E-state index contributed by atoms with van der Waals surface area (Å²) in [5, 5.41) is 12.0. The third kappa shape index (κ3) is 3.23. The molecule has 0 aliphatic heterocycles. The molecule has 0 saturated carbocycles. The van der Waals surface area contributed by atoms with E-state index in [4.69, 9.17) is 11.0 Å². The van der Waals surface area contributed by atoms with Crippen molar-refractivity contribution in [2.45, 2.75) is 26.2 Å². The SMILES string of the molecule is Cc1ccc(NC(=O)c2ccnc(C(C)(C)C#N)c2)cc1N. The van der Waals surface area contributed by atoms with Crippen molar-refractivity contribution in [3.05, 3.63) is 53.3 Å². The van der Waals surface area contributed by atoms with Crippen molar-refractivity contribution >= 4 is 17.3 Å². The number of benzene rings is 1. The Morgan fingerprint density at radius 3 is 2.68 bits per heavy atom. The van der Waals surface area contributed by atoms with Gasteiger partial charge in [-0.25, -0.2) is 0 Å². The van der Waals surface area contributed by atoms with Gasteiger partial charge in [0.15, 0.2) is 0 Å². The van der Waals surface area contributed by atoms with Gasteiger partial charge in [0.1, 0.15) is 0 Å². The fourth-order valence-electron chi connectivity index (χ4n) is 1.89. The van der Waals surface area contributed by atoms with Crippen LogP contribution in [-0.2, 0) is 5.41 Å². The molecule has 2 rings (SSSR count). The number of carbonyl (C=O) groups is 1. The molecule has 0 saturated heterocycles. The number of pyridine rings is 1. The zero-order valence-corrected chi connectivity index (χ0v) is 12.8. The van der Waals surface area contributed by atoms with Gasteiger partial charge in [-0.15, -0.1) is 0 Å². The molecule has 5 nitrogen and oxygen atoms in total. The van der Waals surface area contributed by atoms with Crippen LogP contribution in [-0.4, -0.2) is 10.9 Å². The van der Waals surface area contributed by atoms with Gasteiger partial charge in [-0.1, -0.05) is 6.07 Å². The van der Waals surface area contributed by atoms with E-state index < -0.39 is 5.41 Å². The van der Waals surface area contributed by atoms with E-state index in [1.165, 1.54) is 6.20 Å². The number of rotatable bonds is 3. The van der Waals surface area contributed by atoms with Crippen LogP contribution in [0, 0.1) is 18.3 Å². The second-order valence-corrected chi connectivity index (χ2v) is 5.69. The predicted octanol–water partition coefficient (Wildman–Crippen LogP) is 3.03. The van der Waals surface area contributed by atoms with Crippen LogP contribution in [0.25, 0.3) is 0 Å². The monoisotopic (exact) mass is 294 g/mol. The standard InChI is InChI=1S/C17H18N4O/c1-11-4-5-13(9-14(11)19)21-16(22)12-6-7-20-15(8-12)17(2,3)10-18/h4-9H,19H2,1-3H3,(H,21,22). The van der Waals surface area contributed by atoms with Gasteiger partial charge in [-0.2, -0.15) is 5.26 Å². The fourth-order valence-corrected chi connectivity index (χ4v) is 1.89. The smallest absolute Gasteiger partial charge is 0.255 e. The molecule has 22 heavy (non-hydrogen) atoms. The van der Waals surface area contributed by atoms with Crippen LogP contribution in [0.1, 0.15) is 35.5 Å². The molecule has 112 valence electrons. The van der Waals surface area contributed by atoms with E-state index >= 15 is 0 Å². The van der Waals surface area contributed by atoms with Gasteiger partial charge in [-0.05, 0) is 50.6 Å². The quantitative estimate of drug-likeness (QED) is 0.851. The van der Waals surface area contributed by atoms with E-state index in [0.29, 0.717) is 22.6 Å². The molecular weight excluding hydrogens is 276 g/mol. The highest BCUT2D eigenvalue weighted by Gasteiger charge is 2.22. The van der Waals surface area contributed by atoms with Crippen molar-refractivity contribution in [3.8, 4) is 6.07 Å². The molecule has 0 atom stereocenters. The van der Waals surface area contributed by atoms with Crippen LogP contribution >= 0.6 is 0 Å². The molecule has 2 aromatic rings. The first-order chi connectivity index (χ1) is 10.3. The second-order valence-electron chi connectivity index (χ2n) is 5.69. The lowest BCUT2D eigenvalue weighted by molar-refractivity contribution is 0.102. The van der Waals surface area contributed by atoms with Crippen LogP contribution in [0.4, 0.5) is 11.4 Å². The third-order valence-electron chi connectivity index (χ3n) is 3.48. The molecule has 0 unspecified atom stereocenters. The number of amides is 1. The summed E-state index contributed by atoms with van der Waals surface area (Å²) in [6, 6.07) is 10.8.